The van der Waals surface area contributed by atoms with E-state index in [0.29, 0.717) is 31.1 Å². The van der Waals surface area contributed by atoms with Crippen molar-refractivity contribution in [1.29, 1.82) is 0 Å². The van der Waals surface area contributed by atoms with Gasteiger partial charge in [0.25, 0.3) is 0 Å². The van der Waals surface area contributed by atoms with Crippen LogP contribution >= 0.6 is 0 Å². The van der Waals surface area contributed by atoms with E-state index >= 15 is 0 Å². The van der Waals surface area contributed by atoms with Crippen LogP contribution in [0.3, 0.4) is 0 Å². The molecule has 2 rings (SSSR count). The van der Waals surface area contributed by atoms with Gasteiger partial charge >= 0.3 is 5.97 Å². The van der Waals surface area contributed by atoms with Crippen molar-refractivity contribution in [1.82, 2.24) is 9.97 Å². The van der Waals surface area contributed by atoms with Gasteiger partial charge in [0.1, 0.15) is 5.82 Å². The van der Waals surface area contributed by atoms with E-state index in [1.807, 2.05) is 19.1 Å². The number of rotatable bonds is 7. The number of nitrogens with zero attached hydrogens (tertiary/aromatic N) is 2. The van der Waals surface area contributed by atoms with Gasteiger partial charge in [-0.25, -0.2) is 14.8 Å². The molecule has 0 saturated heterocycles. The number of carbonyl (C=O) groups is 1. The Kier molecular flexibility index (Phi) is 4.84. The van der Waals surface area contributed by atoms with Crippen molar-refractivity contribution >= 4 is 22.7 Å². The van der Waals surface area contributed by atoms with Gasteiger partial charge in [-0.2, -0.15) is 0 Å². The van der Waals surface area contributed by atoms with E-state index in [0.717, 1.165) is 11.0 Å². The molecule has 0 amide bonds. The van der Waals surface area contributed by atoms with E-state index in [2.05, 4.69) is 21.9 Å². The molecule has 21 heavy (non-hydrogen) atoms. The molecule has 6 nitrogen and oxygen atoms in total. The highest BCUT2D eigenvalue weighted by Crippen LogP contribution is 2.19. The highest BCUT2D eigenvalue weighted by Gasteiger charge is 2.12. The highest BCUT2D eigenvalue weighted by atomic mass is 16.5. The first kappa shape index (κ1) is 14.9. The van der Waals surface area contributed by atoms with Crippen molar-refractivity contribution in [2.45, 2.75) is 6.92 Å². The minimum Gasteiger partial charge on any atom is -0.475 e. The fourth-order valence-corrected chi connectivity index (χ4v) is 1.79. The van der Waals surface area contributed by atoms with E-state index in [9.17, 15) is 4.79 Å². The summed E-state index contributed by atoms with van der Waals surface area (Å²) < 4.78 is 5.38. The second-order valence-corrected chi connectivity index (χ2v) is 4.65. The molecule has 0 saturated carbocycles. The first-order chi connectivity index (χ1) is 10.1. The minimum atomic E-state index is -1.15. The van der Waals surface area contributed by atoms with Crippen LogP contribution in [-0.4, -0.2) is 40.8 Å². The Morgan fingerprint density at radius 2 is 2.14 bits per heavy atom. The van der Waals surface area contributed by atoms with Crippen LogP contribution in [0.2, 0.25) is 0 Å². The number of ether oxygens (including phenoxy) is 1. The number of benzene rings is 1. The summed E-state index contributed by atoms with van der Waals surface area (Å²) in [5.41, 5.74) is 1.55. The smallest absolute Gasteiger partial charge is 0.374 e. The van der Waals surface area contributed by atoms with Crippen LogP contribution in [-0.2, 0) is 4.74 Å². The third-order valence-corrected chi connectivity index (χ3v) is 2.68. The molecule has 0 spiro atoms. The Hall–Kier alpha value is -2.47. The van der Waals surface area contributed by atoms with Gasteiger partial charge < -0.3 is 15.2 Å². The van der Waals surface area contributed by atoms with Crippen molar-refractivity contribution in [3.05, 3.63) is 42.2 Å². The molecular weight excluding hydrogens is 270 g/mol. The van der Waals surface area contributed by atoms with Crippen molar-refractivity contribution in [3.8, 4) is 0 Å². The van der Waals surface area contributed by atoms with Gasteiger partial charge in [-0.05, 0) is 19.1 Å². The summed E-state index contributed by atoms with van der Waals surface area (Å²) in [5, 5.41) is 12.9. The maximum Gasteiger partial charge on any atom is 0.374 e. The fraction of sp³-hybridized carbons (Fsp3) is 0.267. The highest BCUT2D eigenvalue weighted by molar-refractivity contribution is 5.93. The molecule has 0 bridgehead atoms. The normalized spacial score (nSPS) is 10.5. The molecule has 0 aliphatic heterocycles. The lowest BCUT2D eigenvalue weighted by molar-refractivity contribution is 0.0684. The van der Waals surface area contributed by atoms with Gasteiger partial charge in [0, 0.05) is 11.9 Å². The molecular formula is C15H17N3O3. The van der Waals surface area contributed by atoms with Gasteiger partial charge in [-0.3, -0.25) is 0 Å². The zero-order valence-electron chi connectivity index (χ0n) is 11.8. The number of aromatic carboxylic acids is 1. The number of hydrogen-bond donors (Lipinski definition) is 2. The maximum absolute atomic E-state index is 11.1. The number of carboxylic acid groups (broad SMARTS) is 1. The third-order valence-electron chi connectivity index (χ3n) is 2.68. The lowest BCUT2D eigenvalue weighted by Gasteiger charge is -2.10. The van der Waals surface area contributed by atoms with Crippen LogP contribution in [0, 0.1) is 0 Å². The first-order valence-corrected chi connectivity index (χ1v) is 6.54. The Labute approximate surface area is 122 Å². The summed E-state index contributed by atoms with van der Waals surface area (Å²) in [5.74, 6) is -0.877. The number of fused-ring (bicyclic) bond motifs is 1. The quantitative estimate of drug-likeness (QED) is 0.600. The number of aromatic nitrogens is 2. The number of para-hydroxylation sites is 1. The Morgan fingerprint density at radius 1 is 1.38 bits per heavy atom. The molecule has 1 aromatic heterocycles. The van der Waals surface area contributed by atoms with E-state index < -0.39 is 5.97 Å². The Morgan fingerprint density at radius 3 is 2.86 bits per heavy atom. The summed E-state index contributed by atoms with van der Waals surface area (Å²) in [6, 6.07) is 7.26. The van der Waals surface area contributed by atoms with Crippen LogP contribution in [0.25, 0.3) is 10.9 Å². The second kappa shape index (κ2) is 6.81. The molecule has 0 unspecified atom stereocenters. The van der Waals surface area contributed by atoms with E-state index in [4.69, 9.17) is 9.84 Å². The van der Waals surface area contributed by atoms with Gasteiger partial charge in [0.2, 0.25) is 5.82 Å². The Bertz CT molecular complexity index is 670. The van der Waals surface area contributed by atoms with Gasteiger partial charge in [0.05, 0.1) is 18.7 Å². The minimum absolute atomic E-state index is 0.223. The molecule has 0 aliphatic carbocycles. The SMILES string of the molecule is C=C(C)COCCNc1nc(C(=O)O)nc2ccccc12. The molecule has 0 radical (unpaired) electrons. The van der Waals surface area contributed by atoms with E-state index in [-0.39, 0.29) is 5.82 Å². The average Bonchev–Trinajstić information content (AvgIpc) is 2.46. The number of nitrogens with one attached hydrogen (secondary N) is 1. The predicted octanol–water partition coefficient (Wildman–Crippen LogP) is 2.33. The van der Waals surface area contributed by atoms with Gasteiger partial charge in [-0.15, -0.1) is 0 Å². The molecule has 2 N–H and O–H groups in total. The molecule has 1 heterocycles. The molecule has 0 fully saturated rings. The lowest BCUT2D eigenvalue weighted by atomic mass is 10.2. The van der Waals surface area contributed by atoms with E-state index in [1.165, 1.54) is 0 Å². The van der Waals surface area contributed by atoms with Crippen LogP contribution in [0.15, 0.2) is 36.4 Å². The molecule has 0 aliphatic rings. The number of hydrogen-bond acceptors (Lipinski definition) is 5. The van der Waals surface area contributed by atoms with Crippen molar-refractivity contribution < 1.29 is 14.6 Å². The molecule has 110 valence electrons. The van der Waals surface area contributed by atoms with Gasteiger partial charge in [0.15, 0.2) is 0 Å². The molecule has 0 atom stereocenters. The topological polar surface area (TPSA) is 84.3 Å². The Balaban J connectivity index is 2.13. The van der Waals surface area contributed by atoms with Crippen LogP contribution in [0.5, 0.6) is 0 Å². The zero-order valence-corrected chi connectivity index (χ0v) is 11.8. The third kappa shape index (κ3) is 4.00. The fourth-order valence-electron chi connectivity index (χ4n) is 1.79. The molecule has 6 heteroatoms. The summed E-state index contributed by atoms with van der Waals surface area (Å²) in [6.07, 6.45) is 0. The van der Waals surface area contributed by atoms with Crippen LogP contribution in [0.1, 0.15) is 17.5 Å². The van der Waals surface area contributed by atoms with Crippen LogP contribution < -0.4 is 5.32 Å². The monoisotopic (exact) mass is 287 g/mol. The van der Waals surface area contributed by atoms with Crippen molar-refractivity contribution in [2.24, 2.45) is 0 Å². The largest absolute Gasteiger partial charge is 0.475 e. The lowest BCUT2D eigenvalue weighted by Crippen LogP contribution is -2.14. The standard InChI is InChI=1S/C15H17N3O3/c1-10(2)9-21-8-7-16-13-11-5-3-4-6-12(11)17-14(18-13)15(19)20/h3-6H,1,7-9H2,2H3,(H,19,20)(H,16,17,18). The summed E-state index contributed by atoms with van der Waals surface area (Å²) in [6.45, 7) is 7.15. The summed E-state index contributed by atoms with van der Waals surface area (Å²) in [4.78, 5) is 19.1. The molecule has 1 aromatic carbocycles. The number of carboxylic acids is 1. The summed E-state index contributed by atoms with van der Waals surface area (Å²) >= 11 is 0. The van der Waals surface area contributed by atoms with Crippen molar-refractivity contribution in [2.75, 3.05) is 25.1 Å². The predicted molar refractivity (Wildman–Crippen MR) is 80.6 cm³/mol. The second-order valence-electron chi connectivity index (χ2n) is 4.65. The average molecular weight is 287 g/mol. The molecule has 2 aromatic rings. The van der Waals surface area contributed by atoms with Gasteiger partial charge in [-0.1, -0.05) is 24.3 Å². The summed E-state index contributed by atoms with van der Waals surface area (Å²) in [7, 11) is 0. The number of anilines is 1. The maximum atomic E-state index is 11.1. The van der Waals surface area contributed by atoms with Crippen molar-refractivity contribution in [3.63, 3.8) is 0 Å². The van der Waals surface area contributed by atoms with E-state index in [1.54, 1.807) is 12.1 Å². The van der Waals surface area contributed by atoms with Crippen LogP contribution in [0.4, 0.5) is 5.82 Å². The first-order valence-electron chi connectivity index (χ1n) is 6.54. The zero-order chi connectivity index (χ0) is 15.2.